The molecule has 1 aliphatic rings. The summed E-state index contributed by atoms with van der Waals surface area (Å²) in [5.74, 6) is 0.0483. The Morgan fingerprint density at radius 1 is 1.57 bits per heavy atom. The Morgan fingerprint density at radius 2 is 2.29 bits per heavy atom. The van der Waals surface area contributed by atoms with Gasteiger partial charge in [-0.1, -0.05) is 26.7 Å². The summed E-state index contributed by atoms with van der Waals surface area (Å²) in [5, 5.41) is 0. The standard InChI is InChI=1S/C11H21NO2/c1-3-8-14-10(13)11(12)7-5-4-6-9(11)2/h9H,3-8,12H2,1-2H3. The maximum Gasteiger partial charge on any atom is 0.326 e. The molecule has 1 fully saturated rings. The molecule has 1 aliphatic carbocycles. The molecular formula is C11H21NO2. The first-order valence-electron chi connectivity index (χ1n) is 5.57. The number of hydrogen-bond donors (Lipinski definition) is 1. The van der Waals surface area contributed by atoms with Crippen LogP contribution in [0.5, 0.6) is 0 Å². The van der Waals surface area contributed by atoms with E-state index < -0.39 is 5.54 Å². The van der Waals surface area contributed by atoms with Crippen LogP contribution < -0.4 is 5.73 Å². The minimum Gasteiger partial charge on any atom is -0.464 e. The summed E-state index contributed by atoms with van der Waals surface area (Å²) in [6.07, 6.45) is 4.90. The summed E-state index contributed by atoms with van der Waals surface area (Å²) in [5.41, 5.74) is 5.40. The fourth-order valence-corrected chi connectivity index (χ4v) is 2.00. The van der Waals surface area contributed by atoms with E-state index in [9.17, 15) is 4.79 Å². The van der Waals surface area contributed by atoms with Crippen molar-refractivity contribution in [3.05, 3.63) is 0 Å². The molecular weight excluding hydrogens is 178 g/mol. The molecule has 1 saturated carbocycles. The van der Waals surface area contributed by atoms with Crippen molar-refractivity contribution in [2.75, 3.05) is 6.61 Å². The number of carbonyl (C=O) groups excluding carboxylic acids is 1. The van der Waals surface area contributed by atoms with Gasteiger partial charge in [0.2, 0.25) is 0 Å². The molecule has 82 valence electrons. The molecule has 3 heteroatoms. The Kier molecular flexibility index (Phi) is 3.93. The first-order chi connectivity index (χ1) is 6.61. The van der Waals surface area contributed by atoms with Gasteiger partial charge in [0.15, 0.2) is 0 Å². The average Bonchev–Trinajstić information content (AvgIpc) is 2.19. The number of rotatable bonds is 3. The first kappa shape index (κ1) is 11.5. The molecule has 0 spiro atoms. The van der Waals surface area contributed by atoms with Crippen LogP contribution >= 0.6 is 0 Å². The minimum absolute atomic E-state index is 0.202. The summed E-state index contributed by atoms with van der Waals surface area (Å²) >= 11 is 0. The van der Waals surface area contributed by atoms with Gasteiger partial charge < -0.3 is 10.5 Å². The second-order valence-electron chi connectivity index (χ2n) is 4.32. The summed E-state index contributed by atoms with van der Waals surface area (Å²) < 4.78 is 5.14. The summed E-state index contributed by atoms with van der Waals surface area (Å²) in [6, 6.07) is 0. The Bertz CT molecular complexity index is 205. The number of esters is 1. The third-order valence-corrected chi connectivity index (χ3v) is 3.17. The zero-order chi connectivity index (χ0) is 10.6. The van der Waals surface area contributed by atoms with Crippen LogP contribution in [0.3, 0.4) is 0 Å². The van der Waals surface area contributed by atoms with E-state index in [0.29, 0.717) is 6.61 Å². The average molecular weight is 199 g/mol. The van der Waals surface area contributed by atoms with Gasteiger partial charge in [0.05, 0.1) is 6.61 Å². The van der Waals surface area contributed by atoms with Crippen molar-refractivity contribution in [1.29, 1.82) is 0 Å². The molecule has 0 aliphatic heterocycles. The van der Waals surface area contributed by atoms with Crippen molar-refractivity contribution in [3.8, 4) is 0 Å². The van der Waals surface area contributed by atoms with Gasteiger partial charge in [-0.3, -0.25) is 4.79 Å². The van der Waals surface area contributed by atoms with Gasteiger partial charge in [-0.25, -0.2) is 0 Å². The maximum atomic E-state index is 11.7. The monoisotopic (exact) mass is 199 g/mol. The fraction of sp³-hybridized carbons (Fsp3) is 0.909. The zero-order valence-corrected chi connectivity index (χ0v) is 9.21. The fourth-order valence-electron chi connectivity index (χ4n) is 2.00. The van der Waals surface area contributed by atoms with Gasteiger partial charge in [-0.05, 0) is 25.2 Å². The molecule has 0 saturated heterocycles. The molecule has 3 nitrogen and oxygen atoms in total. The quantitative estimate of drug-likeness (QED) is 0.706. The van der Waals surface area contributed by atoms with Crippen molar-refractivity contribution in [3.63, 3.8) is 0 Å². The van der Waals surface area contributed by atoms with Crippen LogP contribution in [0.2, 0.25) is 0 Å². The lowest BCUT2D eigenvalue weighted by molar-refractivity contribution is -0.153. The van der Waals surface area contributed by atoms with Crippen LogP contribution in [-0.4, -0.2) is 18.1 Å². The normalized spacial score (nSPS) is 32.6. The predicted octanol–water partition coefficient (Wildman–Crippen LogP) is 1.85. The molecule has 0 aromatic rings. The highest BCUT2D eigenvalue weighted by molar-refractivity contribution is 5.81. The van der Waals surface area contributed by atoms with Crippen LogP contribution in [0.25, 0.3) is 0 Å². The van der Waals surface area contributed by atoms with Crippen molar-refractivity contribution >= 4 is 5.97 Å². The number of hydrogen-bond acceptors (Lipinski definition) is 3. The van der Waals surface area contributed by atoms with Gasteiger partial charge in [0.25, 0.3) is 0 Å². The molecule has 14 heavy (non-hydrogen) atoms. The van der Waals surface area contributed by atoms with E-state index >= 15 is 0 Å². The number of nitrogens with two attached hydrogens (primary N) is 1. The maximum absolute atomic E-state index is 11.7. The van der Waals surface area contributed by atoms with Crippen molar-refractivity contribution in [2.45, 2.75) is 51.5 Å². The van der Waals surface area contributed by atoms with E-state index in [1.807, 2.05) is 13.8 Å². The van der Waals surface area contributed by atoms with Gasteiger partial charge in [0.1, 0.15) is 5.54 Å². The lowest BCUT2D eigenvalue weighted by atomic mass is 9.74. The molecule has 0 aromatic carbocycles. The van der Waals surface area contributed by atoms with Crippen molar-refractivity contribution < 1.29 is 9.53 Å². The summed E-state index contributed by atoms with van der Waals surface area (Å²) in [4.78, 5) is 11.7. The van der Waals surface area contributed by atoms with Crippen LogP contribution in [0.1, 0.15) is 46.0 Å². The van der Waals surface area contributed by atoms with E-state index in [4.69, 9.17) is 10.5 Å². The SMILES string of the molecule is CCCOC(=O)C1(N)CCCCC1C. The Morgan fingerprint density at radius 3 is 2.86 bits per heavy atom. The Hall–Kier alpha value is -0.570. The van der Waals surface area contributed by atoms with Crippen molar-refractivity contribution in [2.24, 2.45) is 11.7 Å². The smallest absolute Gasteiger partial charge is 0.326 e. The van der Waals surface area contributed by atoms with Crippen molar-refractivity contribution in [1.82, 2.24) is 0 Å². The molecule has 0 heterocycles. The van der Waals surface area contributed by atoms with Crippen LogP contribution in [0.4, 0.5) is 0 Å². The molecule has 2 atom stereocenters. The minimum atomic E-state index is -0.715. The Balaban J connectivity index is 2.57. The van der Waals surface area contributed by atoms with Crippen LogP contribution in [0.15, 0.2) is 0 Å². The lowest BCUT2D eigenvalue weighted by Crippen LogP contribution is -2.55. The van der Waals surface area contributed by atoms with Crippen LogP contribution in [-0.2, 0) is 9.53 Å². The highest BCUT2D eigenvalue weighted by Gasteiger charge is 2.42. The highest BCUT2D eigenvalue weighted by atomic mass is 16.5. The Labute approximate surface area is 86.0 Å². The zero-order valence-electron chi connectivity index (χ0n) is 9.21. The van der Waals surface area contributed by atoms with Crippen LogP contribution in [0, 0.1) is 5.92 Å². The molecule has 1 rings (SSSR count). The molecule has 0 radical (unpaired) electrons. The van der Waals surface area contributed by atoms with E-state index in [0.717, 1.165) is 25.7 Å². The highest BCUT2D eigenvalue weighted by Crippen LogP contribution is 2.32. The molecule has 0 amide bonds. The predicted molar refractivity (Wildman–Crippen MR) is 55.8 cm³/mol. The van der Waals surface area contributed by atoms with E-state index in [-0.39, 0.29) is 11.9 Å². The second kappa shape index (κ2) is 4.78. The summed E-state index contributed by atoms with van der Waals surface area (Å²) in [6.45, 7) is 4.53. The second-order valence-corrected chi connectivity index (χ2v) is 4.32. The van der Waals surface area contributed by atoms with Gasteiger partial charge in [0, 0.05) is 0 Å². The molecule has 2 unspecified atom stereocenters. The topological polar surface area (TPSA) is 52.3 Å². The van der Waals surface area contributed by atoms with E-state index in [1.165, 1.54) is 6.42 Å². The number of carbonyl (C=O) groups is 1. The van der Waals surface area contributed by atoms with E-state index in [1.54, 1.807) is 0 Å². The molecule has 0 bridgehead atoms. The third kappa shape index (κ3) is 2.27. The number of ether oxygens (including phenoxy) is 1. The molecule has 0 aromatic heterocycles. The molecule has 2 N–H and O–H groups in total. The van der Waals surface area contributed by atoms with Gasteiger partial charge >= 0.3 is 5.97 Å². The first-order valence-corrected chi connectivity index (χ1v) is 5.57. The third-order valence-electron chi connectivity index (χ3n) is 3.17. The largest absolute Gasteiger partial charge is 0.464 e. The van der Waals surface area contributed by atoms with Gasteiger partial charge in [-0.2, -0.15) is 0 Å². The summed E-state index contributed by atoms with van der Waals surface area (Å²) in [7, 11) is 0. The van der Waals surface area contributed by atoms with E-state index in [2.05, 4.69) is 0 Å². The van der Waals surface area contributed by atoms with Gasteiger partial charge in [-0.15, -0.1) is 0 Å². The lowest BCUT2D eigenvalue weighted by Gasteiger charge is -2.36.